The molecule has 1 amide bonds. The van der Waals surface area contributed by atoms with Crippen LogP contribution in [0, 0.1) is 5.82 Å². The Morgan fingerprint density at radius 2 is 1.82 bits per heavy atom. The van der Waals surface area contributed by atoms with Crippen molar-refractivity contribution in [3.8, 4) is 0 Å². The van der Waals surface area contributed by atoms with Crippen molar-refractivity contribution in [3.05, 3.63) is 88.8 Å². The Labute approximate surface area is 166 Å². The molecule has 0 fully saturated rings. The molecule has 0 unspecified atom stereocenters. The second kappa shape index (κ2) is 8.47. The highest BCUT2D eigenvalue weighted by Crippen LogP contribution is 2.19. The third kappa shape index (κ3) is 4.92. The average Bonchev–Trinajstić information content (AvgIpc) is 2.69. The lowest BCUT2D eigenvalue weighted by molar-refractivity contribution is 0.102. The standard InChI is InChI=1S/C19H15ClFN3O3S/c20-16-11-15(8-9-17(16)21)28(26,27)23-12-13-4-6-14(7-5-13)19(25)24-18-3-1-2-10-22-18/h1-11,23H,12H2,(H,22,24,25). The summed E-state index contributed by atoms with van der Waals surface area (Å²) < 4.78 is 40.2. The molecule has 3 rings (SSSR count). The molecule has 1 aromatic heterocycles. The number of nitrogens with one attached hydrogen (secondary N) is 2. The lowest BCUT2D eigenvalue weighted by Crippen LogP contribution is -2.23. The second-order valence-electron chi connectivity index (χ2n) is 5.77. The molecule has 9 heteroatoms. The Morgan fingerprint density at radius 3 is 2.46 bits per heavy atom. The smallest absolute Gasteiger partial charge is 0.256 e. The fraction of sp³-hybridized carbons (Fsp3) is 0.0526. The highest BCUT2D eigenvalue weighted by Gasteiger charge is 2.16. The zero-order valence-corrected chi connectivity index (χ0v) is 16.0. The van der Waals surface area contributed by atoms with Gasteiger partial charge in [-0.25, -0.2) is 22.5 Å². The van der Waals surface area contributed by atoms with Gasteiger partial charge < -0.3 is 5.32 Å². The quantitative estimate of drug-likeness (QED) is 0.639. The van der Waals surface area contributed by atoms with Gasteiger partial charge in [-0.2, -0.15) is 0 Å². The molecule has 0 spiro atoms. The fourth-order valence-corrected chi connectivity index (χ4v) is 3.59. The van der Waals surface area contributed by atoms with Crippen molar-refractivity contribution in [1.29, 1.82) is 0 Å². The molecule has 0 saturated heterocycles. The lowest BCUT2D eigenvalue weighted by atomic mass is 10.1. The van der Waals surface area contributed by atoms with E-state index in [1.54, 1.807) is 48.7 Å². The Kier molecular flexibility index (Phi) is 6.03. The number of sulfonamides is 1. The van der Waals surface area contributed by atoms with Crippen LogP contribution in [0.2, 0.25) is 5.02 Å². The van der Waals surface area contributed by atoms with Gasteiger partial charge in [0, 0.05) is 18.3 Å². The first-order valence-electron chi connectivity index (χ1n) is 8.11. The van der Waals surface area contributed by atoms with Gasteiger partial charge in [-0.1, -0.05) is 29.8 Å². The van der Waals surface area contributed by atoms with Gasteiger partial charge in [-0.05, 0) is 48.0 Å². The van der Waals surface area contributed by atoms with E-state index in [1.165, 1.54) is 0 Å². The van der Waals surface area contributed by atoms with Crippen LogP contribution in [-0.4, -0.2) is 19.3 Å². The molecule has 0 aliphatic carbocycles. The molecule has 2 N–H and O–H groups in total. The number of carbonyl (C=O) groups is 1. The maximum atomic E-state index is 13.2. The van der Waals surface area contributed by atoms with Gasteiger partial charge in [-0.15, -0.1) is 0 Å². The Morgan fingerprint density at radius 1 is 1.07 bits per heavy atom. The number of anilines is 1. The highest BCUT2D eigenvalue weighted by molar-refractivity contribution is 7.89. The third-order valence-corrected chi connectivity index (χ3v) is 5.48. The minimum atomic E-state index is -3.85. The molecule has 0 saturated carbocycles. The molecule has 144 valence electrons. The summed E-state index contributed by atoms with van der Waals surface area (Å²) in [6.07, 6.45) is 1.57. The molecule has 6 nitrogen and oxygen atoms in total. The first-order valence-corrected chi connectivity index (χ1v) is 9.97. The van der Waals surface area contributed by atoms with Gasteiger partial charge in [-0.3, -0.25) is 4.79 Å². The Hall–Kier alpha value is -2.81. The van der Waals surface area contributed by atoms with Crippen LogP contribution in [0.15, 0.2) is 71.8 Å². The van der Waals surface area contributed by atoms with Gasteiger partial charge in [0.1, 0.15) is 11.6 Å². The van der Waals surface area contributed by atoms with Gasteiger partial charge in [0.2, 0.25) is 10.0 Å². The van der Waals surface area contributed by atoms with Crippen molar-refractivity contribution in [2.45, 2.75) is 11.4 Å². The van der Waals surface area contributed by atoms with E-state index >= 15 is 0 Å². The molecular formula is C19H15ClFN3O3S. The summed E-state index contributed by atoms with van der Waals surface area (Å²) >= 11 is 5.63. The van der Waals surface area contributed by atoms with Crippen molar-refractivity contribution in [2.24, 2.45) is 0 Å². The van der Waals surface area contributed by atoms with Crippen LogP contribution in [0.4, 0.5) is 10.2 Å². The van der Waals surface area contributed by atoms with Crippen LogP contribution in [-0.2, 0) is 16.6 Å². The molecular weight excluding hydrogens is 405 g/mol. The number of aromatic nitrogens is 1. The predicted octanol–water partition coefficient (Wildman–Crippen LogP) is 3.60. The monoisotopic (exact) mass is 419 g/mol. The maximum absolute atomic E-state index is 13.2. The molecule has 0 radical (unpaired) electrons. The normalized spacial score (nSPS) is 11.2. The number of benzene rings is 2. The zero-order chi connectivity index (χ0) is 20.1. The maximum Gasteiger partial charge on any atom is 0.256 e. The first-order chi connectivity index (χ1) is 13.3. The van der Waals surface area contributed by atoms with E-state index in [4.69, 9.17) is 11.6 Å². The predicted molar refractivity (Wildman–Crippen MR) is 104 cm³/mol. The second-order valence-corrected chi connectivity index (χ2v) is 7.94. The van der Waals surface area contributed by atoms with Crippen LogP contribution in [0.5, 0.6) is 0 Å². The molecule has 2 aromatic carbocycles. The van der Waals surface area contributed by atoms with E-state index in [9.17, 15) is 17.6 Å². The van der Waals surface area contributed by atoms with Crippen molar-refractivity contribution in [1.82, 2.24) is 9.71 Å². The fourth-order valence-electron chi connectivity index (χ4n) is 2.30. The van der Waals surface area contributed by atoms with E-state index in [0.717, 1.165) is 18.2 Å². The average molecular weight is 420 g/mol. The highest BCUT2D eigenvalue weighted by atomic mass is 35.5. The van der Waals surface area contributed by atoms with Crippen molar-refractivity contribution < 1.29 is 17.6 Å². The number of hydrogen-bond donors (Lipinski definition) is 2. The van der Waals surface area contributed by atoms with E-state index < -0.39 is 15.8 Å². The van der Waals surface area contributed by atoms with Gasteiger partial charge in [0.05, 0.1) is 9.92 Å². The van der Waals surface area contributed by atoms with Crippen molar-refractivity contribution >= 4 is 33.3 Å². The third-order valence-electron chi connectivity index (χ3n) is 3.79. The molecule has 28 heavy (non-hydrogen) atoms. The van der Waals surface area contributed by atoms with Crippen LogP contribution in [0.25, 0.3) is 0 Å². The summed E-state index contributed by atoms with van der Waals surface area (Å²) in [5.41, 5.74) is 1.05. The van der Waals surface area contributed by atoms with Crippen molar-refractivity contribution in [2.75, 3.05) is 5.32 Å². The minimum Gasteiger partial charge on any atom is -0.307 e. The van der Waals surface area contributed by atoms with Gasteiger partial charge in [0.25, 0.3) is 5.91 Å². The summed E-state index contributed by atoms with van der Waals surface area (Å²) in [4.78, 5) is 16.1. The number of hydrogen-bond acceptors (Lipinski definition) is 4. The van der Waals surface area contributed by atoms with Crippen LogP contribution in [0.3, 0.4) is 0 Å². The minimum absolute atomic E-state index is 0.000527. The number of carbonyl (C=O) groups excluding carboxylic acids is 1. The number of rotatable bonds is 6. The molecule has 3 aromatic rings. The number of amides is 1. The van der Waals surface area contributed by atoms with E-state index in [1.807, 2.05) is 0 Å². The topological polar surface area (TPSA) is 88.2 Å². The summed E-state index contributed by atoms with van der Waals surface area (Å²) in [5, 5.41) is 2.39. The molecule has 0 aliphatic rings. The van der Waals surface area contributed by atoms with E-state index in [0.29, 0.717) is 16.9 Å². The molecule has 0 atom stereocenters. The van der Waals surface area contributed by atoms with E-state index in [-0.39, 0.29) is 22.4 Å². The SMILES string of the molecule is O=C(Nc1ccccn1)c1ccc(CNS(=O)(=O)c2ccc(F)c(Cl)c2)cc1. The number of halogens is 2. The van der Waals surface area contributed by atoms with Crippen LogP contribution >= 0.6 is 11.6 Å². The molecule has 0 aliphatic heterocycles. The Bertz CT molecular complexity index is 1090. The van der Waals surface area contributed by atoms with Gasteiger partial charge in [0.15, 0.2) is 0 Å². The first kappa shape index (κ1) is 19.9. The summed E-state index contributed by atoms with van der Waals surface area (Å²) in [7, 11) is -3.85. The van der Waals surface area contributed by atoms with Crippen LogP contribution < -0.4 is 10.0 Å². The van der Waals surface area contributed by atoms with Crippen LogP contribution in [0.1, 0.15) is 15.9 Å². The summed E-state index contributed by atoms with van der Waals surface area (Å²) in [6, 6.07) is 14.8. The van der Waals surface area contributed by atoms with Gasteiger partial charge >= 0.3 is 0 Å². The van der Waals surface area contributed by atoms with Crippen molar-refractivity contribution in [3.63, 3.8) is 0 Å². The summed E-state index contributed by atoms with van der Waals surface area (Å²) in [6.45, 7) is -0.000527. The lowest BCUT2D eigenvalue weighted by Gasteiger charge is -2.08. The molecule has 0 bridgehead atoms. The largest absolute Gasteiger partial charge is 0.307 e. The number of pyridine rings is 1. The number of nitrogens with zero attached hydrogens (tertiary/aromatic N) is 1. The van der Waals surface area contributed by atoms with E-state index in [2.05, 4.69) is 15.0 Å². The zero-order valence-electron chi connectivity index (χ0n) is 14.4. The Balaban J connectivity index is 1.64. The summed E-state index contributed by atoms with van der Waals surface area (Å²) in [5.74, 6) is -0.589. The molecule has 1 heterocycles.